The normalized spacial score (nSPS) is 55.0. The van der Waals surface area contributed by atoms with Gasteiger partial charge in [0.15, 0.2) is 5.78 Å². The molecule has 0 unspecified atom stereocenters. The van der Waals surface area contributed by atoms with Gasteiger partial charge in [0.05, 0.1) is 11.7 Å². The van der Waals surface area contributed by atoms with E-state index in [4.69, 9.17) is 0 Å². The fourth-order valence-electron chi connectivity index (χ4n) is 6.42. The van der Waals surface area contributed by atoms with E-state index in [1.807, 2.05) is 6.92 Å². The Morgan fingerprint density at radius 2 is 1.83 bits per heavy atom. The van der Waals surface area contributed by atoms with Gasteiger partial charge in [-0.15, -0.1) is 0 Å². The Bertz CT molecular complexity index is 616. The second kappa shape index (κ2) is 4.58. The number of allylic oxidation sites excluding steroid dienone is 3. The van der Waals surface area contributed by atoms with Gasteiger partial charge in [0.2, 0.25) is 0 Å². The summed E-state index contributed by atoms with van der Waals surface area (Å²) in [6.07, 6.45) is 9.59. The van der Waals surface area contributed by atoms with Crippen molar-refractivity contribution in [2.24, 2.45) is 28.6 Å². The first-order valence-electron chi connectivity index (χ1n) is 9.04. The third-order valence-electron chi connectivity index (χ3n) is 8.14. The maximum atomic E-state index is 11.8. The Labute approximate surface area is 138 Å². The van der Waals surface area contributed by atoms with Crippen LogP contribution >= 0.6 is 0 Å². The zero-order chi connectivity index (χ0) is 16.6. The predicted molar refractivity (Wildman–Crippen MR) is 88.6 cm³/mol. The lowest BCUT2D eigenvalue weighted by atomic mass is 9.46. The first kappa shape index (κ1) is 15.6. The van der Waals surface area contributed by atoms with Crippen LogP contribution in [-0.2, 0) is 4.79 Å². The van der Waals surface area contributed by atoms with Gasteiger partial charge >= 0.3 is 0 Å². The lowest BCUT2D eigenvalue weighted by molar-refractivity contribution is -0.139. The summed E-state index contributed by atoms with van der Waals surface area (Å²) < 4.78 is 0. The molecule has 0 spiro atoms. The number of aliphatic hydroxyl groups is 2. The van der Waals surface area contributed by atoms with E-state index in [0.29, 0.717) is 18.3 Å². The topological polar surface area (TPSA) is 57.5 Å². The van der Waals surface area contributed by atoms with Crippen molar-refractivity contribution < 1.29 is 15.0 Å². The largest absolute Gasteiger partial charge is 0.392 e. The number of fused-ring (bicyclic) bond motifs is 5. The van der Waals surface area contributed by atoms with E-state index in [2.05, 4.69) is 19.9 Å². The van der Waals surface area contributed by atoms with Gasteiger partial charge in [-0.05, 0) is 74.3 Å². The number of rotatable bonds is 0. The van der Waals surface area contributed by atoms with Gasteiger partial charge in [-0.25, -0.2) is 0 Å². The molecule has 3 saturated carbocycles. The Morgan fingerprint density at radius 3 is 2.57 bits per heavy atom. The molecule has 0 bridgehead atoms. The Kier molecular flexibility index (Phi) is 3.10. The van der Waals surface area contributed by atoms with Crippen molar-refractivity contribution in [1.29, 1.82) is 0 Å². The third kappa shape index (κ3) is 1.87. The summed E-state index contributed by atoms with van der Waals surface area (Å²) in [5.41, 5.74) is 0.277. The molecule has 4 aliphatic carbocycles. The standard InChI is InChI=1S/C20H28O3/c1-18-7-4-13(21)10-12(18)11-16(22)17-14(18)5-8-19(2)15(17)6-9-20(19,3)23/h4,7,10,14-17,22-23H,5-6,8-9,11H2,1-3H3/t14-,15-,16+,17+,18-,19-,20+/m0/s1. The molecule has 0 aromatic heterocycles. The van der Waals surface area contributed by atoms with Crippen molar-refractivity contribution >= 4 is 5.78 Å². The monoisotopic (exact) mass is 316 g/mol. The quantitative estimate of drug-likeness (QED) is 0.722. The lowest BCUT2D eigenvalue weighted by Gasteiger charge is -2.59. The van der Waals surface area contributed by atoms with Gasteiger partial charge in [0.1, 0.15) is 0 Å². The van der Waals surface area contributed by atoms with Gasteiger partial charge in [-0.2, -0.15) is 0 Å². The Morgan fingerprint density at radius 1 is 1.13 bits per heavy atom. The zero-order valence-corrected chi connectivity index (χ0v) is 14.4. The average Bonchev–Trinajstić information content (AvgIpc) is 2.72. The van der Waals surface area contributed by atoms with Gasteiger partial charge < -0.3 is 10.2 Å². The highest BCUT2D eigenvalue weighted by atomic mass is 16.3. The minimum absolute atomic E-state index is 0.0487. The number of aliphatic hydroxyl groups excluding tert-OH is 1. The van der Waals surface area contributed by atoms with E-state index in [9.17, 15) is 15.0 Å². The Hall–Kier alpha value is -0.930. The van der Waals surface area contributed by atoms with Crippen LogP contribution in [0.4, 0.5) is 0 Å². The van der Waals surface area contributed by atoms with Crippen LogP contribution in [0.3, 0.4) is 0 Å². The van der Waals surface area contributed by atoms with E-state index in [1.165, 1.54) is 0 Å². The zero-order valence-electron chi connectivity index (χ0n) is 14.4. The van der Waals surface area contributed by atoms with Crippen LogP contribution in [0, 0.1) is 28.6 Å². The number of carbonyl (C=O) groups excluding carboxylic acids is 1. The molecule has 3 fully saturated rings. The molecule has 0 aliphatic heterocycles. The molecule has 7 atom stereocenters. The fraction of sp³-hybridized carbons (Fsp3) is 0.750. The number of hydrogen-bond donors (Lipinski definition) is 2. The van der Waals surface area contributed by atoms with Crippen LogP contribution in [0.1, 0.15) is 52.9 Å². The van der Waals surface area contributed by atoms with Crippen LogP contribution in [0.15, 0.2) is 23.8 Å². The van der Waals surface area contributed by atoms with Gasteiger partial charge in [0.25, 0.3) is 0 Å². The molecule has 3 nitrogen and oxygen atoms in total. The first-order valence-corrected chi connectivity index (χ1v) is 9.04. The second-order valence-electron chi connectivity index (χ2n) is 9.02. The summed E-state index contributed by atoms with van der Waals surface area (Å²) in [7, 11) is 0. The van der Waals surface area contributed by atoms with Gasteiger partial charge in [-0.1, -0.05) is 25.5 Å². The van der Waals surface area contributed by atoms with E-state index >= 15 is 0 Å². The first-order chi connectivity index (χ1) is 10.7. The summed E-state index contributed by atoms with van der Waals surface area (Å²) in [6, 6.07) is 0. The van der Waals surface area contributed by atoms with E-state index in [0.717, 1.165) is 31.3 Å². The van der Waals surface area contributed by atoms with Crippen molar-refractivity contribution in [3.63, 3.8) is 0 Å². The molecule has 0 aromatic carbocycles. The second-order valence-corrected chi connectivity index (χ2v) is 9.02. The maximum absolute atomic E-state index is 11.8. The summed E-state index contributed by atoms with van der Waals surface area (Å²) in [4.78, 5) is 11.8. The van der Waals surface area contributed by atoms with Crippen LogP contribution in [-0.4, -0.2) is 27.7 Å². The molecule has 4 aliphatic rings. The van der Waals surface area contributed by atoms with E-state index in [1.54, 1.807) is 12.2 Å². The molecular weight excluding hydrogens is 288 g/mol. The predicted octanol–water partition coefficient (Wildman–Crippen LogP) is 3.02. The van der Waals surface area contributed by atoms with Crippen LogP contribution < -0.4 is 0 Å². The summed E-state index contributed by atoms with van der Waals surface area (Å²) >= 11 is 0. The molecule has 126 valence electrons. The minimum atomic E-state index is -0.627. The van der Waals surface area contributed by atoms with Crippen molar-refractivity contribution in [1.82, 2.24) is 0 Å². The number of carbonyl (C=O) groups is 1. The highest BCUT2D eigenvalue weighted by Gasteiger charge is 2.63. The van der Waals surface area contributed by atoms with Crippen molar-refractivity contribution in [2.75, 3.05) is 0 Å². The average molecular weight is 316 g/mol. The molecule has 4 rings (SSSR count). The summed E-state index contributed by atoms with van der Waals surface area (Å²) in [5, 5.41) is 21.8. The molecule has 0 radical (unpaired) electrons. The molecule has 0 saturated heterocycles. The molecule has 0 aromatic rings. The van der Waals surface area contributed by atoms with Crippen molar-refractivity contribution in [2.45, 2.75) is 64.6 Å². The minimum Gasteiger partial charge on any atom is -0.392 e. The fourth-order valence-corrected chi connectivity index (χ4v) is 6.42. The highest BCUT2D eigenvalue weighted by molar-refractivity contribution is 6.01. The van der Waals surface area contributed by atoms with Crippen molar-refractivity contribution in [3.8, 4) is 0 Å². The highest BCUT2D eigenvalue weighted by Crippen LogP contribution is 2.66. The molecule has 0 heterocycles. The van der Waals surface area contributed by atoms with Gasteiger partial charge in [0, 0.05) is 5.41 Å². The summed E-state index contributed by atoms with van der Waals surface area (Å²) in [6.45, 7) is 6.44. The molecular formula is C20H28O3. The van der Waals surface area contributed by atoms with Crippen LogP contribution in [0.25, 0.3) is 0 Å². The van der Waals surface area contributed by atoms with Crippen LogP contribution in [0.2, 0.25) is 0 Å². The number of hydrogen-bond acceptors (Lipinski definition) is 3. The van der Waals surface area contributed by atoms with E-state index < -0.39 is 11.7 Å². The van der Waals surface area contributed by atoms with E-state index in [-0.39, 0.29) is 22.5 Å². The smallest absolute Gasteiger partial charge is 0.178 e. The van der Waals surface area contributed by atoms with Gasteiger partial charge in [-0.3, -0.25) is 4.79 Å². The SMILES string of the molecule is C[C@]12C=CC(=O)C=C1C[C@@H](O)[C@@H]1[C@@H]2CC[C@@]2(C)[C@H]1CC[C@@]2(C)O. The van der Waals surface area contributed by atoms with Crippen molar-refractivity contribution in [3.05, 3.63) is 23.8 Å². The molecule has 2 N–H and O–H groups in total. The third-order valence-corrected chi connectivity index (χ3v) is 8.14. The summed E-state index contributed by atoms with van der Waals surface area (Å²) in [5.74, 6) is 1.01. The van der Waals surface area contributed by atoms with Crippen LogP contribution in [0.5, 0.6) is 0 Å². The maximum Gasteiger partial charge on any atom is 0.178 e. The molecule has 3 heteroatoms. The Balaban J connectivity index is 1.76. The lowest BCUT2D eigenvalue weighted by Crippen LogP contribution is -2.57. The molecule has 23 heavy (non-hydrogen) atoms. The molecule has 0 amide bonds. The number of ketones is 1.